The summed E-state index contributed by atoms with van der Waals surface area (Å²) in [7, 11) is 0. The molecule has 1 saturated carbocycles. The van der Waals surface area contributed by atoms with Crippen molar-refractivity contribution >= 4 is 17.7 Å². The van der Waals surface area contributed by atoms with Crippen LogP contribution in [-0.2, 0) is 14.3 Å². The van der Waals surface area contributed by atoms with Crippen molar-refractivity contribution in [2.45, 2.75) is 25.9 Å². The van der Waals surface area contributed by atoms with Gasteiger partial charge >= 0.3 is 6.16 Å². The number of benzene rings is 1. The van der Waals surface area contributed by atoms with Gasteiger partial charge in [-0.1, -0.05) is 29.8 Å². The van der Waals surface area contributed by atoms with E-state index >= 15 is 0 Å². The number of Topliss-reactive ketones (excluding diaryl/α,β-unsaturated/α-hetero) is 2. The highest BCUT2D eigenvalue weighted by molar-refractivity contribution is 6.09. The van der Waals surface area contributed by atoms with E-state index in [1.807, 2.05) is 6.92 Å². The molecule has 0 aliphatic heterocycles. The molecule has 1 N–H and O–H groups in total. The maximum Gasteiger partial charge on any atom is 0.506 e. The zero-order valence-corrected chi connectivity index (χ0v) is 10.5. The monoisotopic (exact) mass is 262 g/mol. The van der Waals surface area contributed by atoms with Gasteiger partial charge < -0.3 is 9.84 Å². The quantitative estimate of drug-likeness (QED) is 0.667. The first-order valence-corrected chi connectivity index (χ1v) is 6.00. The predicted molar refractivity (Wildman–Crippen MR) is 65.8 cm³/mol. The molecule has 1 fully saturated rings. The molecule has 1 aliphatic rings. The Morgan fingerprint density at radius 2 is 1.74 bits per heavy atom. The molecule has 19 heavy (non-hydrogen) atoms. The second kappa shape index (κ2) is 5.22. The molecule has 1 aromatic rings. The van der Waals surface area contributed by atoms with E-state index in [0.717, 1.165) is 5.56 Å². The summed E-state index contributed by atoms with van der Waals surface area (Å²) in [5.74, 6) is -1.51. The van der Waals surface area contributed by atoms with E-state index in [-0.39, 0.29) is 24.4 Å². The molecule has 1 aromatic carbocycles. The summed E-state index contributed by atoms with van der Waals surface area (Å²) in [4.78, 5) is 34.3. The number of carbonyl (C=O) groups excluding carboxylic acids is 2. The molecule has 0 radical (unpaired) electrons. The van der Waals surface area contributed by atoms with Crippen LogP contribution in [0.5, 0.6) is 0 Å². The fraction of sp³-hybridized carbons (Fsp3) is 0.357. The average molecular weight is 262 g/mol. The number of aryl methyl sites for hydroxylation is 1. The molecule has 1 aliphatic carbocycles. The number of rotatable bonds is 3. The van der Waals surface area contributed by atoms with Crippen molar-refractivity contribution in [2.24, 2.45) is 5.92 Å². The summed E-state index contributed by atoms with van der Waals surface area (Å²) in [5.41, 5.74) is 1.53. The van der Waals surface area contributed by atoms with Crippen molar-refractivity contribution in [2.75, 3.05) is 0 Å². The maximum atomic E-state index is 11.8. The van der Waals surface area contributed by atoms with Crippen molar-refractivity contribution < 1.29 is 24.2 Å². The highest BCUT2D eigenvalue weighted by Crippen LogP contribution is 2.34. The van der Waals surface area contributed by atoms with Crippen LogP contribution in [0.1, 0.15) is 30.1 Å². The third kappa shape index (κ3) is 2.81. The van der Waals surface area contributed by atoms with Gasteiger partial charge in [0.2, 0.25) is 0 Å². The number of carbonyl (C=O) groups is 3. The van der Waals surface area contributed by atoms with E-state index in [1.54, 1.807) is 24.3 Å². The maximum absolute atomic E-state index is 11.8. The Kier molecular flexibility index (Phi) is 3.64. The SMILES string of the molecule is Cc1ccc(C(OC(=O)O)C2C(=O)CCC2=O)cc1. The molecule has 0 amide bonds. The van der Waals surface area contributed by atoms with E-state index in [4.69, 9.17) is 9.84 Å². The van der Waals surface area contributed by atoms with Gasteiger partial charge in [0, 0.05) is 12.8 Å². The topological polar surface area (TPSA) is 80.7 Å². The average Bonchev–Trinajstić information content (AvgIpc) is 2.67. The highest BCUT2D eigenvalue weighted by Gasteiger charge is 2.42. The Labute approximate surface area is 110 Å². The van der Waals surface area contributed by atoms with Crippen LogP contribution in [0.15, 0.2) is 24.3 Å². The van der Waals surface area contributed by atoms with E-state index in [1.165, 1.54) is 0 Å². The summed E-state index contributed by atoms with van der Waals surface area (Å²) < 4.78 is 4.78. The first-order valence-electron chi connectivity index (χ1n) is 6.00. The molecule has 1 unspecified atom stereocenters. The first-order chi connectivity index (χ1) is 8.99. The molecule has 0 spiro atoms. The van der Waals surface area contributed by atoms with Gasteiger partial charge in [0.25, 0.3) is 0 Å². The Balaban J connectivity index is 2.35. The van der Waals surface area contributed by atoms with Crippen LogP contribution in [0.3, 0.4) is 0 Å². The molecule has 100 valence electrons. The summed E-state index contributed by atoms with van der Waals surface area (Å²) in [6, 6.07) is 6.94. The number of carboxylic acid groups (broad SMARTS) is 1. The lowest BCUT2D eigenvalue weighted by atomic mass is 9.92. The molecule has 0 heterocycles. The van der Waals surface area contributed by atoms with Gasteiger partial charge in [0.05, 0.1) is 0 Å². The molecule has 5 heteroatoms. The molecular formula is C14H14O5. The molecule has 0 bridgehead atoms. The van der Waals surface area contributed by atoms with E-state index in [9.17, 15) is 14.4 Å². The van der Waals surface area contributed by atoms with Crippen molar-refractivity contribution in [3.8, 4) is 0 Å². The predicted octanol–water partition coefficient (Wildman–Crippen LogP) is 2.28. The van der Waals surface area contributed by atoms with Gasteiger partial charge in [0.15, 0.2) is 0 Å². The minimum Gasteiger partial charge on any atom is -0.450 e. The lowest BCUT2D eigenvalue weighted by molar-refractivity contribution is -0.132. The van der Waals surface area contributed by atoms with E-state index in [2.05, 4.69) is 0 Å². The zero-order valence-electron chi connectivity index (χ0n) is 10.5. The molecule has 0 aromatic heterocycles. The smallest absolute Gasteiger partial charge is 0.450 e. The Morgan fingerprint density at radius 1 is 1.21 bits per heavy atom. The van der Waals surface area contributed by atoms with Crippen LogP contribution in [0.25, 0.3) is 0 Å². The van der Waals surface area contributed by atoms with Crippen molar-refractivity contribution in [1.29, 1.82) is 0 Å². The Morgan fingerprint density at radius 3 is 2.21 bits per heavy atom. The van der Waals surface area contributed by atoms with Crippen molar-refractivity contribution in [1.82, 2.24) is 0 Å². The third-order valence-electron chi connectivity index (χ3n) is 3.25. The Bertz CT molecular complexity index is 501. The lowest BCUT2D eigenvalue weighted by Crippen LogP contribution is -2.27. The summed E-state index contributed by atoms with van der Waals surface area (Å²) in [6.45, 7) is 1.89. The first kappa shape index (κ1) is 13.3. The van der Waals surface area contributed by atoms with Gasteiger partial charge in [-0.3, -0.25) is 9.59 Å². The van der Waals surface area contributed by atoms with Crippen LogP contribution in [-0.4, -0.2) is 22.8 Å². The number of hydrogen-bond donors (Lipinski definition) is 1. The van der Waals surface area contributed by atoms with Gasteiger partial charge in [-0.2, -0.15) is 0 Å². The second-order valence-electron chi connectivity index (χ2n) is 4.63. The van der Waals surface area contributed by atoms with Gasteiger partial charge in [0.1, 0.15) is 23.6 Å². The van der Waals surface area contributed by atoms with E-state index < -0.39 is 18.2 Å². The van der Waals surface area contributed by atoms with Gasteiger partial charge in [-0.25, -0.2) is 4.79 Å². The molecule has 5 nitrogen and oxygen atoms in total. The largest absolute Gasteiger partial charge is 0.506 e. The standard InChI is InChI=1S/C14H14O5/c1-8-2-4-9(5-3-8)13(19-14(17)18)12-10(15)6-7-11(12)16/h2-5,12-13H,6-7H2,1H3,(H,17,18). The summed E-state index contributed by atoms with van der Waals surface area (Å²) in [5, 5.41) is 8.79. The fourth-order valence-corrected chi connectivity index (χ4v) is 2.27. The van der Waals surface area contributed by atoms with Gasteiger partial charge in [-0.05, 0) is 12.5 Å². The summed E-state index contributed by atoms with van der Waals surface area (Å²) >= 11 is 0. The van der Waals surface area contributed by atoms with Crippen LogP contribution in [0, 0.1) is 12.8 Å². The minimum atomic E-state index is -1.49. The summed E-state index contributed by atoms with van der Waals surface area (Å²) in [6.07, 6.45) is -2.21. The second-order valence-corrected chi connectivity index (χ2v) is 4.63. The number of hydrogen-bond acceptors (Lipinski definition) is 4. The van der Waals surface area contributed by atoms with Gasteiger partial charge in [-0.15, -0.1) is 0 Å². The Hall–Kier alpha value is -2.17. The number of ether oxygens (including phenoxy) is 1. The van der Waals surface area contributed by atoms with Crippen molar-refractivity contribution in [3.63, 3.8) is 0 Å². The number of ketones is 2. The minimum absolute atomic E-state index is 0.162. The van der Waals surface area contributed by atoms with Crippen LogP contribution in [0.4, 0.5) is 4.79 Å². The van der Waals surface area contributed by atoms with Crippen LogP contribution >= 0.6 is 0 Å². The third-order valence-corrected chi connectivity index (χ3v) is 3.25. The van der Waals surface area contributed by atoms with E-state index in [0.29, 0.717) is 5.56 Å². The van der Waals surface area contributed by atoms with Crippen LogP contribution in [0.2, 0.25) is 0 Å². The molecule has 1 atom stereocenters. The van der Waals surface area contributed by atoms with Crippen molar-refractivity contribution in [3.05, 3.63) is 35.4 Å². The zero-order chi connectivity index (χ0) is 14.0. The lowest BCUT2D eigenvalue weighted by Gasteiger charge is -2.20. The van der Waals surface area contributed by atoms with Crippen LogP contribution < -0.4 is 0 Å². The molecule has 0 saturated heterocycles. The molecule has 2 rings (SSSR count). The fourth-order valence-electron chi connectivity index (χ4n) is 2.27. The molecular weight excluding hydrogens is 248 g/mol. The normalized spacial score (nSPS) is 17.5. The highest BCUT2D eigenvalue weighted by atomic mass is 16.7.